The molecule has 3 rings (SSSR count). The molecule has 0 amide bonds. The van der Waals surface area contributed by atoms with Crippen molar-refractivity contribution in [1.29, 1.82) is 0 Å². The largest absolute Gasteiger partial charge is 0.493 e. The lowest BCUT2D eigenvalue weighted by Gasteiger charge is -2.39. The minimum absolute atomic E-state index is 0.0384. The minimum atomic E-state index is -0.998. The second-order valence-corrected chi connectivity index (χ2v) is 8.84. The zero-order chi connectivity index (χ0) is 24.5. The molecule has 1 atom stereocenters. The Morgan fingerprint density at radius 3 is 2.48 bits per heavy atom. The van der Waals surface area contributed by atoms with E-state index < -0.39 is 16.8 Å². The predicted molar refractivity (Wildman–Crippen MR) is 121 cm³/mol. The van der Waals surface area contributed by atoms with Crippen molar-refractivity contribution in [2.24, 2.45) is 5.41 Å². The molecule has 9 nitrogen and oxygen atoms in total. The van der Waals surface area contributed by atoms with Crippen molar-refractivity contribution in [2.75, 3.05) is 20.8 Å². The summed E-state index contributed by atoms with van der Waals surface area (Å²) in [5.41, 5.74) is 1.18. The molecule has 0 radical (unpaired) electrons. The molecule has 1 unspecified atom stereocenters. The maximum atomic E-state index is 13.4. The SMILES string of the molecule is C=CCOC(=O)C1=C(C)NC2=C(C(=O)CC(C)(C)C2)C1c1cc(OC)c(OC)cc1[N+](=O)[O-]. The van der Waals surface area contributed by atoms with Gasteiger partial charge in [-0.2, -0.15) is 0 Å². The molecule has 0 saturated carbocycles. The number of Topliss-reactive ketones (excluding diaryl/α,β-unsaturated/α-hetero) is 1. The summed E-state index contributed by atoms with van der Waals surface area (Å²) >= 11 is 0. The van der Waals surface area contributed by atoms with Crippen LogP contribution in [0.25, 0.3) is 0 Å². The van der Waals surface area contributed by atoms with E-state index in [1.807, 2.05) is 13.8 Å². The van der Waals surface area contributed by atoms with Gasteiger partial charge < -0.3 is 19.5 Å². The lowest BCUT2D eigenvalue weighted by Crippen LogP contribution is -2.38. The van der Waals surface area contributed by atoms with E-state index in [9.17, 15) is 19.7 Å². The second-order valence-electron chi connectivity index (χ2n) is 8.84. The molecule has 1 aliphatic carbocycles. The Balaban J connectivity index is 2.33. The molecule has 1 N–H and O–H groups in total. The molecule has 1 aromatic rings. The molecule has 1 aromatic carbocycles. The number of esters is 1. The number of allylic oxidation sites excluding steroid dienone is 3. The highest BCUT2D eigenvalue weighted by Gasteiger charge is 2.45. The molecule has 0 spiro atoms. The number of nitro groups is 1. The van der Waals surface area contributed by atoms with Crippen LogP contribution < -0.4 is 14.8 Å². The average molecular weight is 456 g/mol. The van der Waals surface area contributed by atoms with Crippen LogP contribution >= 0.6 is 0 Å². The first kappa shape index (κ1) is 24.0. The Labute approximate surface area is 192 Å². The number of rotatable bonds is 7. The third-order valence-electron chi connectivity index (χ3n) is 5.83. The van der Waals surface area contributed by atoms with Crippen molar-refractivity contribution >= 4 is 17.4 Å². The summed E-state index contributed by atoms with van der Waals surface area (Å²) in [5, 5.41) is 15.3. The summed E-state index contributed by atoms with van der Waals surface area (Å²) in [5.74, 6) is -1.44. The third-order valence-corrected chi connectivity index (χ3v) is 5.83. The van der Waals surface area contributed by atoms with Crippen LogP contribution in [0.2, 0.25) is 0 Å². The fourth-order valence-corrected chi connectivity index (χ4v) is 4.50. The smallest absolute Gasteiger partial charge is 0.337 e. The highest BCUT2D eigenvalue weighted by atomic mass is 16.6. The van der Waals surface area contributed by atoms with Gasteiger partial charge in [0.1, 0.15) is 6.61 Å². The van der Waals surface area contributed by atoms with Crippen LogP contribution in [0, 0.1) is 15.5 Å². The summed E-state index contributed by atoms with van der Waals surface area (Å²) in [6, 6.07) is 2.70. The van der Waals surface area contributed by atoms with E-state index in [4.69, 9.17) is 14.2 Å². The van der Waals surface area contributed by atoms with E-state index in [1.54, 1.807) is 6.92 Å². The van der Waals surface area contributed by atoms with Gasteiger partial charge >= 0.3 is 5.97 Å². The molecular formula is C24H28N2O7. The number of nitro benzene ring substituents is 1. The zero-order valence-electron chi connectivity index (χ0n) is 19.4. The number of dihydropyridines is 1. The van der Waals surface area contributed by atoms with Crippen LogP contribution in [0.15, 0.2) is 47.3 Å². The van der Waals surface area contributed by atoms with Crippen LogP contribution in [-0.2, 0) is 14.3 Å². The summed E-state index contributed by atoms with van der Waals surface area (Å²) in [7, 11) is 2.79. The Hall–Kier alpha value is -3.62. The molecular weight excluding hydrogens is 428 g/mol. The molecule has 1 heterocycles. The van der Waals surface area contributed by atoms with Gasteiger partial charge in [0.05, 0.1) is 36.7 Å². The average Bonchev–Trinajstić information content (AvgIpc) is 2.74. The number of hydrogen-bond acceptors (Lipinski definition) is 8. The number of carbonyl (C=O) groups excluding carboxylic acids is 2. The topological polar surface area (TPSA) is 117 Å². The van der Waals surface area contributed by atoms with Crippen LogP contribution in [-0.4, -0.2) is 37.5 Å². The fraction of sp³-hybridized carbons (Fsp3) is 0.417. The first-order chi connectivity index (χ1) is 15.5. The van der Waals surface area contributed by atoms with Gasteiger partial charge in [-0.3, -0.25) is 14.9 Å². The van der Waals surface area contributed by atoms with Crippen LogP contribution in [0.5, 0.6) is 11.5 Å². The van der Waals surface area contributed by atoms with Gasteiger partial charge in [-0.05, 0) is 24.8 Å². The molecule has 0 saturated heterocycles. The van der Waals surface area contributed by atoms with E-state index in [0.717, 1.165) is 0 Å². The summed E-state index contributed by atoms with van der Waals surface area (Å²) < 4.78 is 15.9. The van der Waals surface area contributed by atoms with Gasteiger partial charge in [-0.15, -0.1) is 0 Å². The van der Waals surface area contributed by atoms with E-state index in [0.29, 0.717) is 23.4 Å². The van der Waals surface area contributed by atoms with Crippen molar-refractivity contribution < 1.29 is 28.7 Å². The highest BCUT2D eigenvalue weighted by molar-refractivity contribution is 6.04. The first-order valence-corrected chi connectivity index (χ1v) is 10.5. The van der Waals surface area contributed by atoms with Gasteiger partial charge in [0.15, 0.2) is 17.3 Å². The first-order valence-electron chi connectivity index (χ1n) is 10.5. The monoisotopic (exact) mass is 456 g/mol. The number of nitrogens with zero attached hydrogens (tertiary/aromatic N) is 1. The molecule has 0 bridgehead atoms. The quantitative estimate of drug-likeness (QED) is 0.284. The number of benzene rings is 1. The summed E-state index contributed by atoms with van der Waals surface area (Å²) in [6.07, 6.45) is 2.23. The lowest BCUT2D eigenvalue weighted by molar-refractivity contribution is -0.385. The standard InChI is InChI=1S/C24H28N2O7/c1-7-8-33-23(28)20-13(2)25-15-11-24(3,4)12-17(27)22(15)21(20)14-9-18(31-5)19(32-6)10-16(14)26(29)30/h7,9-10,21,25H,1,8,11-12H2,2-6H3. The lowest BCUT2D eigenvalue weighted by atomic mass is 9.68. The third kappa shape index (κ3) is 4.48. The maximum Gasteiger partial charge on any atom is 0.337 e. The molecule has 0 fully saturated rings. The van der Waals surface area contributed by atoms with Crippen molar-refractivity contribution in [3.63, 3.8) is 0 Å². The minimum Gasteiger partial charge on any atom is -0.493 e. The number of nitrogens with one attached hydrogen (secondary N) is 1. The van der Waals surface area contributed by atoms with Crippen LogP contribution in [0.1, 0.15) is 45.1 Å². The molecule has 9 heteroatoms. The number of ketones is 1. The Morgan fingerprint density at radius 2 is 1.91 bits per heavy atom. The number of ether oxygens (including phenoxy) is 3. The molecule has 2 aliphatic rings. The zero-order valence-corrected chi connectivity index (χ0v) is 19.4. The van der Waals surface area contributed by atoms with Crippen molar-refractivity contribution in [2.45, 2.75) is 39.5 Å². The van der Waals surface area contributed by atoms with E-state index in [1.165, 1.54) is 32.4 Å². The van der Waals surface area contributed by atoms with Crippen molar-refractivity contribution in [1.82, 2.24) is 5.32 Å². The van der Waals surface area contributed by atoms with Crippen molar-refractivity contribution in [3.8, 4) is 11.5 Å². The number of methoxy groups -OCH3 is 2. The Kier molecular flexibility index (Phi) is 6.62. The Bertz CT molecular complexity index is 1100. The predicted octanol–water partition coefficient (Wildman–Crippen LogP) is 3.95. The maximum absolute atomic E-state index is 13.4. The molecule has 0 aromatic heterocycles. The number of carbonyl (C=O) groups is 2. The molecule has 176 valence electrons. The summed E-state index contributed by atoms with van der Waals surface area (Å²) in [6.45, 7) is 9.18. The van der Waals surface area contributed by atoms with Crippen molar-refractivity contribution in [3.05, 3.63) is 63.0 Å². The van der Waals surface area contributed by atoms with Crippen LogP contribution in [0.3, 0.4) is 0 Å². The van der Waals surface area contributed by atoms with Gasteiger partial charge in [0.2, 0.25) is 0 Å². The van der Waals surface area contributed by atoms with E-state index in [2.05, 4.69) is 11.9 Å². The van der Waals surface area contributed by atoms with E-state index >= 15 is 0 Å². The number of hydrogen-bond donors (Lipinski definition) is 1. The van der Waals surface area contributed by atoms with E-state index in [-0.39, 0.29) is 52.5 Å². The normalized spacial score (nSPS) is 19.4. The van der Waals surface area contributed by atoms with Gasteiger partial charge in [0.25, 0.3) is 5.69 Å². The van der Waals surface area contributed by atoms with Gasteiger partial charge in [-0.25, -0.2) is 4.79 Å². The molecule has 33 heavy (non-hydrogen) atoms. The second kappa shape index (κ2) is 9.09. The fourth-order valence-electron chi connectivity index (χ4n) is 4.50. The highest BCUT2D eigenvalue weighted by Crippen LogP contribution is 2.50. The van der Waals surface area contributed by atoms with Gasteiger partial charge in [-0.1, -0.05) is 26.5 Å². The van der Waals surface area contributed by atoms with Gasteiger partial charge in [0, 0.05) is 29.0 Å². The Morgan fingerprint density at radius 1 is 1.27 bits per heavy atom. The summed E-state index contributed by atoms with van der Waals surface area (Å²) in [4.78, 5) is 37.9. The molecule has 1 aliphatic heterocycles. The van der Waals surface area contributed by atoms with Crippen LogP contribution in [0.4, 0.5) is 5.69 Å².